The Hall–Kier alpha value is -3.33. The average Bonchev–Trinajstić information content (AvgIpc) is 2.76. The molecule has 1 atom stereocenters. The van der Waals surface area contributed by atoms with Crippen LogP contribution in [0.25, 0.3) is 11.4 Å². The van der Waals surface area contributed by atoms with Crippen LogP contribution >= 0.6 is 0 Å². The molecule has 0 unspecified atom stereocenters. The Morgan fingerprint density at radius 2 is 2.00 bits per heavy atom. The predicted octanol–water partition coefficient (Wildman–Crippen LogP) is 2.52. The van der Waals surface area contributed by atoms with Gasteiger partial charge in [-0.2, -0.15) is 0 Å². The number of aromatic nitrogens is 5. The second-order valence-electron chi connectivity index (χ2n) is 7.79. The molecule has 0 aliphatic carbocycles. The zero-order valence-corrected chi connectivity index (χ0v) is 17.4. The number of hydrogen-bond acceptors (Lipinski definition) is 9. The van der Waals surface area contributed by atoms with E-state index >= 15 is 0 Å². The van der Waals surface area contributed by atoms with Crippen LogP contribution in [0.2, 0.25) is 0 Å². The maximum absolute atomic E-state index is 10.5. The number of anilines is 3. The Balaban J connectivity index is 1.48. The molecule has 9 nitrogen and oxygen atoms in total. The molecule has 0 amide bonds. The normalized spacial score (nSPS) is 16.7. The van der Waals surface area contributed by atoms with E-state index in [-0.39, 0.29) is 5.75 Å². The standard InChI is InChI=1S/C21H26N8O/c1-13(2)17-12-29(7-6-22-17)20-5-4-16(27-28-20)21-18(30)8-15(10-25-21)26-19-11-23-14(3)9-24-19/h4-5,8-11,13,17,22,30H,6-7,12H2,1-3H3,(H,24,26)/t17-/m1/s1. The minimum atomic E-state index is 0.0177. The molecule has 4 heterocycles. The van der Waals surface area contributed by atoms with Crippen molar-refractivity contribution < 1.29 is 5.11 Å². The topological polar surface area (TPSA) is 112 Å². The van der Waals surface area contributed by atoms with Gasteiger partial charge in [0.25, 0.3) is 0 Å². The van der Waals surface area contributed by atoms with Crippen LogP contribution in [-0.2, 0) is 0 Å². The van der Waals surface area contributed by atoms with Crippen LogP contribution in [0.5, 0.6) is 5.75 Å². The first-order chi connectivity index (χ1) is 14.5. The highest BCUT2D eigenvalue weighted by atomic mass is 16.3. The summed E-state index contributed by atoms with van der Waals surface area (Å²) in [7, 11) is 0. The quantitative estimate of drug-likeness (QED) is 0.588. The molecule has 1 saturated heterocycles. The Labute approximate surface area is 175 Å². The number of hydrogen-bond donors (Lipinski definition) is 3. The van der Waals surface area contributed by atoms with Crippen molar-refractivity contribution in [2.75, 3.05) is 29.9 Å². The Morgan fingerprint density at radius 1 is 1.13 bits per heavy atom. The van der Waals surface area contributed by atoms with E-state index in [4.69, 9.17) is 0 Å². The molecule has 0 bridgehead atoms. The van der Waals surface area contributed by atoms with E-state index in [9.17, 15) is 5.11 Å². The monoisotopic (exact) mass is 406 g/mol. The fraction of sp³-hybridized carbons (Fsp3) is 0.381. The van der Waals surface area contributed by atoms with Gasteiger partial charge < -0.3 is 20.6 Å². The smallest absolute Gasteiger partial charge is 0.151 e. The van der Waals surface area contributed by atoms with Crippen molar-refractivity contribution in [2.24, 2.45) is 5.92 Å². The Morgan fingerprint density at radius 3 is 2.67 bits per heavy atom. The van der Waals surface area contributed by atoms with Crippen molar-refractivity contribution in [1.82, 2.24) is 30.5 Å². The number of nitrogens with one attached hydrogen (secondary N) is 2. The van der Waals surface area contributed by atoms with Crippen LogP contribution in [0.1, 0.15) is 19.5 Å². The second-order valence-corrected chi connectivity index (χ2v) is 7.79. The van der Waals surface area contributed by atoms with E-state index < -0.39 is 0 Å². The van der Waals surface area contributed by atoms with Gasteiger partial charge in [0.15, 0.2) is 5.82 Å². The molecule has 30 heavy (non-hydrogen) atoms. The summed E-state index contributed by atoms with van der Waals surface area (Å²) in [6.45, 7) is 9.02. The summed E-state index contributed by atoms with van der Waals surface area (Å²) < 4.78 is 0. The number of aryl methyl sites for hydroxylation is 1. The molecule has 0 spiro atoms. The molecule has 156 valence electrons. The van der Waals surface area contributed by atoms with Gasteiger partial charge >= 0.3 is 0 Å². The molecule has 3 aromatic heterocycles. The average molecular weight is 406 g/mol. The fourth-order valence-electron chi connectivity index (χ4n) is 3.38. The third-order valence-electron chi connectivity index (χ3n) is 5.15. The summed E-state index contributed by atoms with van der Waals surface area (Å²) in [6.07, 6.45) is 4.92. The zero-order valence-electron chi connectivity index (χ0n) is 17.4. The van der Waals surface area contributed by atoms with Crippen molar-refractivity contribution in [1.29, 1.82) is 0 Å². The van der Waals surface area contributed by atoms with Crippen LogP contribution < -0.4 is 15.5 Å². The lowest BCUT2D eigenvalue weighted by molar-refractivity contribution is 0.367. The summed E-state index contributed by atoms with van der Waals surface area (Å²) in [6, 6.07) is 5.79. The van der Waals surface area contributed by atoms with Crippen molar-refractivity contribution >= 4 is 17.3 Å². The lowest BCUT2D eigenvalue weighted by Crippen LogP contribution is -2.53. The number of rotatable bonds is 5. The molecular formula is C21H26N8O. The molecule has 4 rings (SSSR count). The second kappa shape index (κ2) is 8.58. The van der Waals surface area contributed by atoms with E-state index in [0.29, 0.717) is 34.9 Å². The summed E-state index contributed by atoms with van der Waals surface area (Å²) in [5, 5.41) is 25.7. The number of pyridine rings is 1. The van der Waals surface area contributed by atoms with Crippen molar-refractivity contribution in [3.05, 3.63) is 42.5 Å². The maximum Gasteiger partial charge on any atom is 0.151 e. The largest absolute Gasteiger partial charge is 0.506 e. The van der Waals surface area contributed by atoms with Gasteiger partial charge in [0.2, 0.25) is 0 Å². The molecule has 0 radical (unpaired) electrons. The molecule has 1 fully saturated rings. The third kappa shape index (κ3) is 4.46. The first kappa shape index (κ1) is 20.0. The van der Waals surface area contributed by atoms with Crippen LogP contribution in [0.3, 0.4) is 0 Å². The van der Waals surface area contributed by atoms with E-state index in [2.05, 4.69) is 54.5 Å². The highest BCUT2D eigenvalue weighted by Gasteiger charge is 2.23. The minimum absolute atomic E-state index is 0.0177. The fourth-order valence-corrected chi connectivity index (χ4v) is 3.38. The Kier molecular flexibility index (Phi) is 5.71. The molecule has 0 saturated carbocycles. The number of aromatic hydroxyl groups is 1. The van der Waals surface area contributed by atoms with Crippen LogP contribution in [-0.4, -0.2) is 55.9 Å². The van der Waals surface area contributed by atoms with Crippen LogP contribution in [0.4, 0.5) is 17.3 Å². The SMILES string of the molecule is Cc1cnc(Nc2cnc(-c3ccc(N4CCN[C@@H](C(C)C)C4)nn3)c(O)c2)cn1. The lowest BCUT2D eigenvalue weighted by Gasteiger charge is -2.36. The predicted molar refractivity (Wildman–Crippen MR) is 116 cm³/mol. The van der Waals surface area contributed by atoms with Gasteiger partial charge in [-0.25, -0.2) is 9.97 Å². The first-order valence-corrected chi connectivity index (χ1v) is 10.1. The summed E-state index contributed by atoms with van der Waals surface area (Å²) in [5.41, 5.74) is 2.35. The third-order valence-corrected chi connectivity index (χ3v) is 5.15. The van der Waals surface area contributed by atoms with Crippen molar-refractivity contribution in [2.45, 2.75) is 26.8 Å². The van der Waals surface area contributed by atoms with E-state index in [0.717, 1.165) is 31.1 Å². The molecule has 3 aromatic rings. The summed E-state index contributed by atoms with van der Waals surface area (Å²) in [5.74, 6) is 1.99. The zero-order chi connectivity index (χ0) is 21.1. The number of piperazine rings is 1. The molecule has 1 aliphatic heterocycles. The van der Waals surface area contributed by atoms with Crippen LogP contribution in [0.15, 0.2) is 36.8 Å². The Bertz CT molecular complexity index is 991. The van der Waals surface area contributed by atoms with Gasteiger partial charge in [-0.1, -0.05) is 13.8 Å². The minimum Gasteiger partial charge on any atom is -0.506 e. The van der Waals surface area contributed by atoms with E-state index in [1.54, 1.807) is 24.7 Å². The highest BCUT2D eigenvalue weighted by molar-refractivity contribution is 5.67. The van der Waals surface area contributed by atoms with Crippen molar-refractivity contribution in [3.63, 3.8) is 0 Å². The molecule has 9 heteroatoms. The summed E-state index contributed by atoms with van der Waals surface area (Å²) in [4.78, 5) is 15.0. The van der Waals surface area contributed by atoms with Gasteiger partial charge in [0.05, 0.1) is 30.0 Å². The molecule has 0 aromatic carbocycles. The van der Waals surface area contributed by atoms with Gasteiger partial charge in [0.1, 0.15) is 23.0 Å². The number of nitrogens with zero attached hydrogens (tertiary/aromatic N) is 6. The maximum atomic E-state index is 10.5. The highest BCUT2D eigenvalue weighted by Crippen LogP contribution is 2.29. The van der Waals surface area contributed by atoms with E-state index in [1.165, 1.54) is 0 Å². The first-order valence-electron chi connectivity index (χ1n) is 10.1. The molecular weight excluding hydrogens is 380 g/mol. The van der Waals surface area contributed by atoms with Gasteiger partial charge in [-0.15, -0.1) is 10.2 Å². The summed E-state index contributed by atoms with van der Waals surface area (Å²) >= 11 is 0. The van der Waals surface area contributed by atoms with Gasteiger partial charge in [-0.05, 0) is 25.0 Å². The van der Waals surface area contributed by atoms with Crippen LogP contribution in [0, 0.1) is 12.8 Å². The lowest BCUT2D eigenvalue weighted by atomic mass is 10.0. The molecule has 1 aliphatic rings. The van der Waals surface area contributed by atoms with Gasteiger partial charge in [0, 0.05) is 31.7 Å². The van der Waals surface area contributed by atoms with Gasteiger partial charge in [-0.3, -0.25) is 4.98 Å². The van der Waals surface area contributed by atoms with E-state index in [1.807, 2.05) is 19.1 Å². The molecule has 3 N–H and O–H groups in total. The van der Waals surface area contributed by atoms with Crippen molar-refractivity contribution in [3.8, 4) is 17.1 Å².